The molecule has 1 radical (unpaired) electrons. The van der Waals surface area contributed by atoms with Gasteiger partial charge in [0, 0.05) is 12.6 Å². The van der Waals surface area contributed by atoms with E-state index in [4.69, 9.17) is 0 Å². The van der Waals surface area contributed by atoms with Gasteiger partial charge in [0.25, 0.3) is 0 Å². The van der Waals surface area contributed by atoms with E-state index >= 15 is 0 Å². The van der Waals surface area contributed by atoms with Crippen LogP contribution in [0.25, 0.3) is 0 Å². The molecule has 0 aliphatic rings. The molecular formula is C8H18NO. The van der Waals surface area contributed by atoms with Gasteiger partial charge in [-0.3, -0.25) is 0 Å². The summed E-state index contributed by atoms with van der Waals surface area (Å²) in [6.45, 7) is 4.92. The fraction of sp³-hybridized carbons (Fsp3) is 1.00. The third-order valence-corrected chi connectivity index (χ3v) is 1.59. The Morgan fingerprint density at radius 2 is 2.20 bits per heavy atom. The second-order valence-corrected chi connectivity index (χ2v) is 2.70. The standard InChI is InChI=1S/C8H18NO/c1-3-4-5-8(2)9-6-7-10/h8-9H,3-7H2,1-2H3. The highest BCUT2D eigenvalue weighted by Gasteiger charge is 1.97. The van der Waals surface area contributed by atoms with Crippen molar-refractivity contribution < 1.29 is 5.11 Å². The average Bonchev–Trinajstić information content (AvgIpc) is 1.97. The molecule has 0 aromatic heterocycles. The van der Waals surface area contributed by atoms with E-state index in [2.05, 4.69) is 19.2 Å². The fourth-order valence-corrected chi connectivity index (χ4v) is 0.918. The highest BCUT2D eigenvalue weighted by atomic mass is 16.3. The molecule has 0 aliphatic heterocycles. The smallest absolute Gasteiger partial charge is 0.0946 e. The molecule has 0 spiro atoms. The van der Waals surface area contributed by atoms with Gasteiger partial charge >= 0.3 is 0 Å². The summed E-state index contributed by atoms with van der Waals surface area (Å²) >= 11 is 0. The lowest BCUT2D eigenvalue weighted by Gasteiger charge is -2.10. The van der Waals surface area contributed by atoms with E-state index in [1.165, 1.54) is 19.3 Å². The molecule has 0 aliphatic carbocycles. The van der Waals surface area contributed by atoms with Crippen LogP contribution in [-0.2, 0) is 5.11 Å². The molecule has 1 atom stereocenters. The monoisotopic (exact) mass is 144 g/mol. The summed E-state index contributed by atoms with van der Waals surface area (Å²) in [5.41, 5.74) is 0. The maximum atomic E-state index is 10.0. The molecule has 0 saturated heterocycles. The quantitative estimate of drug-likeness (QED) is 0.603. The zero-order valence-corrected chi connectivity index (χ0v) is 7.02. The molecule has 0 amide bonds. The summed E-state index contributed by atoms with van der Waals surface area (Å²) in [5.74, 6) is 0. The number of nitrogens with one attached hydrogen (secondary N) is 1. The van der Waals surface area contributed by atoms with Gasteiger partial charge in [0.2, 0.25) is 0 Å². The molecule has 0 aromatic carbocycles. The lowest BCUT2D eigenvalue weighted by Crippen LogP contribution is -2.28. The van der Waals surface area contributed by atoms with Gasteiger partial charge in [-0.25, -0.2) is 5.11 Å². The summed E-state index contributed by atoms with van der Waals surface area (Å²) in [6.07, 6.45) is 3.69. The van der Waals surface area contributed by atoms with Gasteiger partial charge in [0.1, 0.15) is 0 Å². The second kappa shape index (κ2) is 7.03. The Kier molecular flexibility index (Phi) is 6.98. The van der Waals surface area contributed by atoms with E-state index in [1.54, 1.807) is 0 Å². The van der Waals surface area contributed by atoms with E-state index in [0.29, 0.717) is 12.6 Å². The van der Waals surface area contributed by atoms with Crippen molar-refractivity contribution in [3.8, 4) is 0 Å². The Balaban J connectivity index is 3.00. The minimum absolute atomic E-state index is 0.00351. The molecule has 10 heavy (non-hydrogen) atoms. The van der Waals surface area contributed by atoms with Crippen molar-refractivity contribution in [3.05, 3.63) is 0 Å². The first kappa shape index (κ1) is 9.92. The first-order valence-electron chi connectivity index (χ1n) is 4.12. The first-order chi connectivity index (χ1) is 4.81. The SMILES string of the molecule is CCCCC(C)NCC[O]. The lowest BCUT2D eigenvalue weighted by molar-refractivity contribution is 0.190. The first-order valence-corrected chi connectivity index (χ1v) is 4.12. The zero-order chi connectivity index (χ0) is 7.82. The molecule has 0 fully saturated rings. The Hall–Kier alpha value is -0.0800. The normalized spacial score (nSPS) is 13.5. The second-order valence-electron chi connectivity index (χ2n) is 2.70. The molecule has 1 N–H and O–H groups in total. The van der Waals surface area contributed by atoms with E-state index in [1.807, 2.05) is 0 Å². The summed E-state index contributed by atoms with van der Waals surface area (Å²) in [4.78, 5) is 0. The maximum Gasteiger partial charge on any atom is 0.0946 e. The number of hydrogen-bond donors (Lipinski definition) is 1. The van der Waals surface area contributed by atoms with Crippen molar-refractivity contribution in [1.29, 1.82) is 0 Å². The maximum absolute atomic E-state index is 10.0. The van der Waals surface area contributed by atoms with Crippen molar-refractivity contribution in [3.63, 3.8) is 0 Å². The van der Waals surface area contributed by atoms with Gasteiger partial charge in [-0.05, 0) is 13.3 Å². The van der Waals surface area contributed by atoms with Crippen LogP contribution in [0, 0.1) is 0 Å². The number of unbranched alkanes of at least 4 members (excludes halogenated alkanes) is 1. The molecule has 0 saturated carbocycles. The predicted molar refractivity (Wildman–Crippen MR) is 42.5 cm³/mol. The third-order valence-electron chi connectivity index (χ3n) is 1.59. The van der Waals surface area contributed by atoms with Gasteiger partial charge in [-0.15, -0.1) is 0 Å². The molecule has 0 heterocycles. The topological polar surface area (TPSA) is 31.9 Å². The lowest BCUT2D eigenvalue weighted by atomic mass is 10.1. The molecule has 2 heteroatoms. The van der Waals surface area contributed by atoms with Crippen molar-refractivity contribution >= 4 is 0 Å². The minimum Gasteiger partial charge on any atom is -0.312 e. The Morgan fingerprint density at radius 1 is 1.50 bits per heavy atom. The zero-order valence-electron chi connectivity index (χ0n) is 7.02. The third kappa shape index (κ3) is 6.05. The highest BCUT2D eigenvalue weighted by Crippen LogP contribution is 1.98. The van der Waals surface area contributed by atoms with Crippen LogP contribution in [0.3, 0.4) is 0 Å². The molecule has 0 aromatic rings. The van der Waals surface area contributed by atoms with Crippen LogP contribution in [-0.4, -0.2) is 19.2 Å². The van der Waals surface area contributed by atoms with Crippen LogP contribution in [0.2, 0.25) is 0 Å². The van der Waals surface area contributed by atoms with Crippen LogP contribution < -0.4 is 5.32 Å². The minimum atomic E-state index is -0.00351. The van der Waals surface area contributed by atoms with Crippen LogP contribution >= 0.6 is 0 Å². The fourth-order valence-electron chi connectivity index (χ4n) is 0.918. The van der Waals surface area contributed by atoms with E-state index in [0.717, 1.165) is 0 Å². The van der Waals surface area contributed by atoms with Gasteiger partial charge in [-0.1, -0.05) is 19.8 Å². The average molecular weight is 144 g/mol. The van der Waals surface area contributed by atoms with Crippen LogP contribution in [0.15, 0.2) is 0 Å². The summed E-state index contributed by atoms with van der Waals surface area (Å²) < 4.78 is 0. The van der Waals surface area contributed by atoms with Crippen LogP contribution in [0.1, 0.15) is 33.1 Å². The van der Waals surface area contributed by atoms with Crippen molar-refractivity contribution in [2.75, 3.05) is 13.2 Å². The molecule has 2 nitrogen and oxygen atoms in total. The van der Waals surface area contributed by atoms with Gasteiger partial charge < -0.3 is 5.32 Å². The summed E-state index contributed by atoms with van der Waals surface area (Å²) in [6, 6.07) is 0.522. The Bertz CT molecular complexity index is 58.3. The molecule has 0 bridgehead atoms. The Morgan fingerprint density at radius 3 is 2.70 bits per heavy atom. The molecule has 61 valence electrons. The summed E-state index contributed by atoms with van der Waals surface area (Å²) in [5, 5.41) is 13.2. The van der Waals surface area contributed by atoms with E-state index in [-0.39, 0.29) is 6.61 Å². The van der Waals surface area contributed by atoms with Crippen LogP contribution in [0.4, 0.5) is 0 Å². The number of rotatable bonds is 6. The molecule has 0 rings (SSSR count). The van der Waals surface area contributed by atoms with Gasteiger partial charge in [0.15, 0.2) is 0 Å². The van der Waals surface area contributed by atoms with Crippen LogP contribution in [0.5, 0.6) is 0 Å². The van der Waals surface area contributed by atoms with Gasteiger partial charge in [-0.2, -0.15) is 0 Å². The van der Waals surface area contributed by atoms with Crippen molar-refractivity contribution in [2.45, 2.75) is 39.2 Å². The van der Waals surface area contributed by atoms with Crippen molar-refractivity contribution in [2.24, 2.45) is 0 Å². The molecular weight excluding hydrogens is 126 g/mol. The van der Waals surface area contributed by atoms with Crippen molar-refractivity contribution in [1.82, 2.24) is 5.32 Å². The van der Waals surface area contributed by atoms with E-state index in [9.17, 15) is 5.11 Å². The summed E-state index contributed by atoms with van der Waals surface area (Å²) in [7, 11) is 0. The largest absolute Gasteiger partial charge is 0.312 e. The number of hydrogen-bond acceptors (Lipinski definition) is 1. The molecule has 1 unspecified atom stereocenters. The van der Waals surface area contributed by atoms with E-state index < -0.39 is 0 Å². The highest BCUT2D eigenvalue weighted by molar-refractivity contribution is 4.58. The predicted octanol–water partition coefficient (Wildman–Crippen LogP) is 1.59. The Labute approximate surface area is 63.6 Å². The van der Waals surface area contributed by atoms with Gasteiger partial charge in [0.05, 0.1) is 6.61 Å².